The lowest BCUT2D eigenvalue weighted by molar-refractivity contribution is 0.197. The van der Waals surface area contributed by atoms with Crippen LogP contribution in [0.5, 0.6) is 0 Å². The van der Waals surface area contributed by atoms with E-state index in [4.69, 9.17) is 10.5 Å². The maximum Gasteiger partial charge on any atom is 0.128 e. The van der Waals surface area contributed by atoms with Gasteiger partial charge < -0.3 is 10.0 Å². The monoisotopic (exact) mass is 232 g/mol. The summed E-state index contributed by atoms with van der Waals surface area (Å²) in [6.45, 7) is 2.14. The minimum Gasteiger partial charge on any atom is -0.396 e. The van der Waals surface area contributed by atoms with E-state index in [1.165, 1.54) is 6.42 Å². The summed E-state index contributed by atoms with van der Waals surface area (Å²) in [4.78, 5) is 2.14. The van der Waals surface area contributed by atoms with Crippen molar-refractivity contribution in [3.63, 3.8) is 0 Å². The third-order valence-corrected chi connectivity index (χ3v) is 3.42. The van der Waals surface area contributed by atoms with Crippen molar-refractivity contribution in [2.24, 2.45) is 5.92 Å². The summed E-state index contributed by atoms with van der Waals surface area (Å²) in [5.74, 6) is 1.16. The molecule has 1 aromatic carbocycles. The number of piperidine rings is 1. The zero-order valence-electron chi connectivity index (χ0n) is 10.1. The van der Waals surface area contributed by atoms with Crippen LogP contribution in [0.4, 0.5) is 0 Å². The summed E-state index contributed by atoms with van der Waals surface area (Å²) in [5, 5.41) is 17.2. The van der Waals surface area contributed by atoms with Gasteiger partial charge >= 0.3 is 0 Å². The molecule has 1 unspecified atom stereocenters. The van der Waals surface area contributed by atoms with Crippen molar-refractivity contribution < 1.29 is 5.11 Å². The van der Waals surface area contributed by atoms with E-state index in [1.807, 2.05) is 30.3 Å². The standard InChI is InChI=1S/C14H20N2O/c15-14(13-6-2-1-3-7-13)16-9-4-5-12(11-16)8-10-17/h1-3,6-7,12,15,17H,4-5,8-11H2. The molecule has 17 heavy (non-hydrogen) atoms. The summed E-state index contributed by atoms with van der Waals surface area (Å²) >= 11 is 0. The molecule has 3 heteroatoms. The molecule has 0 aliphatic carbocycles. The van der Waals surface area contributed by atoms with E-state index in [-0.39, 0.29) is 6.61 Å². The van der Waals surface area contributed by atoms with Gasteiger partial charge in [-0.05, 0) is 25.2 Å². The number of aliphatic hydroxyl groups is 1. The van der Waals surface area contributed by atoms with Crippen LogP contribution in [0, 0.1) is 11.3 Å². The highest BCUT2D eigenvalue weighted by Gasteiger charge is 2.21. The lowest BCUT2D eigenvalue weighted by Crippen LogP contribution is -2.40. The second-order valence-electron chi connectivity index (χ2n) is 4.68. The first kappa shape index (κ1) is 12.1. The number of benzene rings is 1. The van der Waals surface area contributed by atoms with Crippen molar-refractivity contribution >= 4 is 5.84 Å². The molecule has 2 rings (SSSR count). The smallest absolute Gasteiger partial charge is 0.128 e. The molecule has 1 aliphatic heterocycles. The Labute approximate surface area is 103 Å². The number of amidine groups is 1. The van der Waals surface area contributed by atoms with Gasteiger partial charge in [0.25, 0.3) is 0 Å². The van der Waals surface area contributed by atoms with E-state index in [9.17, 15) is 0 Å². The number of nitrogens with one attached hydrogen (secondary N) is 1. The number of hydrogen-bond donors (Lipinski definition) is 2. The van der Waals surface area contributed by atoms with Crippen molar-refractivity contribution in [1.82, 2.24) is 4.90 Å². The maximum absolute atomic E-state index is 8.99. The molecule has 0 aromatic heterocycles. The van der Waals surface area contributed by atoms with Crippen LogP contribution < -0.4 is 0 Å². The molecule has 0 saturated carbocycles. The van der Waals surface area contributed by atoms with E-state index < -0.39 is 0 Å². The fourth-order valence-electron chi connectivity index (χ4n) is 2.46. The minimum absolute atomic E-state index is 0.261. The van der Waals surface area contributed by atoms with Crippen LogP contribution in [0.3, 0.4) is 0 Å². The highest BCUT2D eigenvalue weighted by atomic mass is 16.3. The topological polar surface area (TPSA) is 47.3 Å². The van der Waals surface area contributed by atoms with Crippen molar-refractivity contribution in [3.05, 3.63) is 35.9 Å². The van der Waals surface area contributed by atoms with Gasteiger partial charge in [-0.25, -0.2) is 0 Å². The van der Waals surface area contributed by atoms with Gasteiger partial charge in [0.05, 0.1) is 0 Å². The van der Waals surface area contributed by atoms with Crippen LogP contribution in [0.1, 0.15) is 24.8 Å². The van der Waals surface area contributed by atoms with Crippen molar-refractivity contribution in [2.45, 2.75) is 19.3 Å². The molecule has 1 saturated heterocycles. The Balaban J connectivity index is 2.00. The molecule has 2 N–H and O–H groups in total. The summed E-state index contributed by atoms with van der Waals surface area (Å²) in [6, 6.07) is 9.88. The summed E-state index contributed by atoms with van der Waals surface area (Å²) in [6.07, 6.45) is 3.16. The van der Waals surface area contributed by atoms with Crippen molar-refractivity contribution in [1.29, 1.82) is 5.41 Å². The zero-order valence-corrected chi connectivity index (χ0v) is 10.1. The van der Waals surface area contributed by atoms with E-state index >= 15 is 0 Å². The Hall–Kier alpha value is -1.35. The Morgan fingerprint density at radius 3 is 2.82 bits per heavy atom. The molecule has 1 aromatic rings. The predicted molar refractivity (Wildman–Crippen MR) is 69.3 cm³/mol. The average Bonchev–Trinajstić information content (AvgIpc) is 2.40. The normalized spacial score (nSPS) is 20.3. The van der Waals surface area contributed by atoms with Crippen LogP contribution in [-0.4, -0.2) is 35.5 Å². The van der Waals surface area contributed by atoms with E-state index in [2.05, 4.69) is 4.90 Å². The first-order chi connectivity index (χ1) is 8.31. The third kappa shape index (κ3) is 3.07. The predicted octanol–water partition coefficient (Wildman–Crippen LogP) is 2.11. The fraction of sp³-hybridized carbons (Fsp3) is 0.500. The minimum atomic E-state index is 0.261. The van der Waals surface area contributed by atoms with Crippen molar-refractivity contribution in [2.75, 3.05) is 19.7 Å². The lowest BCUT2D eigenvalue weighted by atomic mass is 9.94. The number of likely N-dealkylation sites (tertiary alicyclic amines) is 1. The molecular formula is C14H20N2O. The number of nitrogens with zero attached hydrogens (tertiary/aromatic N) is 1. The zero-order chi connectivity index (χ0) is 12.1. The molecule has 1 fully saturated rings. The SMILES string of the molecule is N=C(c1ccccc1)N1CCCC(CCO)C1. The third-order valence-electron chi connectivity index (χ3n) is 3.42. The summed E-state index contributed by atoms with van der Waals surface area (Å²) in [5.41, 5.74) is 0.983. The van der Waals surface area contributed by atoms with Crippen LogP contribution in [0.25, 0.3) is 0 Å². The van der Waals surface area contributed by atoms with Gasteiger partial charge in [0.2, 0.25) is 0 Å². The number of rotatable bonds is 3. The first-order valence-corrected chi connectivity index (χ1v) is 6.31. The molecule has 0 radical (unpaired) electrons. The van der Waals surface area contributed by atoms with Gasteiger partial charge in [-0.15, -0.1) is 0 Å². The molecule has 0 amide bonds. The number of hydrogen-bond acceptors (Lipinski definition) is 2. The van der Waals surface area contributed by atoms with Gasteiger partial charge in [0.15, 0.2) is 0 Å². The molecule has 1 heterocycles. The highest BCUT2D eigenvalue weighted by molar-refractivity contribution is 5.96. The summed E-state index contributed by atoms with van der Waals surface area (Å²) in [7, 11) is 0. The first-order valence-electron chi connectivity index (χ1n) is 6.31. The molecular weight excluding hydrogens is 212 g/mol. The number of aliphatic hydroxyl groups excluding tert-OH is 1. The van der Waals surface area contributed by atoms with Crippen LogP contribution >= 0.6 is 0 Å². The summed E-state index contributed by atoms with van der Waals surface area (Å²) < 4.78 is 0. The Morgan fingerprint density at radius 2 is 2.12 bits per heavy atom. The molecule has 1 aliphatic rings. The van der Waals surface area contributed by atoms with E-state index in [0.29, 0.717) is 11.8 Å². The van der Waals surface area contributed by atoms with Gasteiger partial charge in [0.1, 0.15) is 5.84 Å². The quantitative estimate of drug-likeness (QED) is 0.619. The average molecular weight is 232 g/mol. The maximum atomic E-state index is 8.99. The van der Waals surface area contributed by atoms with E-state index in [1.54, 1.807) is 0 Å². The Morgan fingerprint density at radius 1 is 1.35 bits per heavy atom. The van der Waals surface area contributed by atoms with Gasteiger partial charge in [-0.1, -0.05) is 30.3 Å². The fourth-order valence-corrected chi connectivity index (χ4v) is 2.46. The molecule has 1 atom stereocenters. The molecule has 0 bridgehead atoms. The Bertz CT molecular complexity index is 362. The molecule has 3 nitrogen and oxygen atoms in total. The van der Waals surface area contributed by atoms with Crippen LogP contribution in [0.2, 0.25) is 0 Å². The van der Waals surface area contributed by atoms with Crippen LogP contribution in [0.15, 0.2) is 30.3 Å². The molecule has 92 valence electrons. The second-order valence-corrected chi connectivity index (χ2v) is 4.68. The van der Waals surface area contributed by atoms with Gasteiger partial charge in [-0.3, -0.25) is 5.41 Å². The van der Waals surface area contributed by atoms with Crippen LogP contribution in [-0.2, 0) is 0 Å². The highest BCUT2D eigenvalue weighted by Crippen LogP contribution is 2.20. The van der Waals surface area contributed by atoms with Crippen molar-refractivity contribution in [3.8, 4) is 0 Å². The lowest BCUT2D eigenvalue weighted by Gasteiger charge is -2.34. The largest absolute Gasteiger partial charge is 0.396 e. The second kappa shape index (κ2) is 5.82. The van der Waals surface area contributed by atoms with Gasteiger partial charge in [-0.2, -0.15) is 0 Å². The molecule has 0 spiro atoms. The van der Waals surface area contributed by atoms with E-state index in [0.717, 1.165) is 31.5 Å². The van der Waals surface area contributed by atoms with Gasteiger partial charge in [0, 0.05) is 25.3 Å². The Kier molecular flexibility index (Phi) is 4.15.